The lowest BCUT2D eigenvalue weighted by Crippen LogP contribution is -2.00. The maximum Gasteiger partial charge on any atom is 0.336 e. The minimum absolute atomic E-state index is 0.136. The molecule has 2 aromatic carbocycles. The van der Waals surface area contributed by atoms with E-state index in [4.69, 9.17) is 18.9 Å². The number of carboxylic acids is 1. The van der Waals surface area contributed by atoms with Crippen LogP contribution in [0.3, 0.4) is 0 Å². The van der Waals surface area contributed by atoms with Gasteiger partial charge >= 0.3 is 5.97 Å². The van der Waals surface area contributed by atoms with Gasteiger partial charge in [0, 0.05) is 0 Å². The molecule has 6 heteroatoms. The van der Waals surface area contributed by atoms with E-state index in [1.807, 2.05) is 0 Å². The normalized spacial score (nSPS) is 11.0. The highest BCUT2D eigenvalue weighted by Crippen LogP contribution is 2.39. The first kappa shape index (κ1) is 18.2. The molecule has 6 nitrogen and oxygen atoms in total. The molecule has 0 spiro atoms. The Morgan fingerprint density at radius 3 is 1.84 bits per heavy atom. The van der Waals surface area contributed by atoms with Crippen LogP contribution in [0.1, 0.15) is 11.1 Å². The van der Waals surface area contributed by atoms with Gasteiger partial charge in [-0.05, 0) is 41.5 Å². The zero-order valence-electron chi connectivity index (χ0n) is 14.5. The molecule has 0 radical (unpaired) electrons. The van der Waals surface area contributed by atoms with Crippen molar-refractivity contribution in [3.05, 3.63) is 47.5 Å². The molecule has 132 valence electrons. The van der Waals surface area contributed by atoms with Crippen molar-refractivity contribution in [1.82, 2.24) is 0 Å². The van der Waals surface area contributed by atoms with Crippen molar-refractivity contribution in [2.75, 3.05) is 28.4 Å². The first-order chi connectivity index (χ1) is 12.0. The summed E-state index contributed by atoms with van der Waals surface area (Å²) in [5, 5.41) is 9.58. The van der Waals surface area contributed by atoms with Crippen LogP contribution < -0.4 is 18.9 Å². The molecule has 1 N–H and O–H groups in total. The molecule has 2 rings (SSSR count). The second kappa shape index (κ2) is 8.10. The van der Waals surface area contributed by atoms with Crippen LogP contribution in [0.25, 0.3) is 11.6 Å². The summed E-state index contributed by atoms with van der Waals surface area (Å²) in [7, 11) is 6.08. The summed E-state index contributed by atoms with van der Waals surface area (Å²) in [6.07, 6.45) is 1.55. The molecule has 0 saturated carbocycles. The maximum absolute atomic E-state index is 11.7. The van der Waals surface area contributed by atoms with Gasteiger partial charge in [-0.15, -0.1) is 0 Å². The van der Waals surface area contributed by atoms with E-state index in [9.17, 15) is 9.90 Å². The highest BCUT2D eigenvalue weighted by molar-refractivity contribution is 6.20. The Hall–Kier alpha value is -3.15. The molecule has 0 aliphatic carbocycles. The quantitative estimate of drug-likeness (QED) is 0.613. The maximum atomic E-state index is 11.7. The Morgan fingerprint density at radius 2 is 1.44 bits per heavy atom. The second-order valence-corrected chi connectivity index (χ2v) is 5.05. The summed E-state index contributed by atoms with van der Waals surface area (Å²) in [6, 6.07) is 10.2. The Labute approximate surface area is 146 Å². The Morgan fingerprint density at radius 1 is 0.880 bits per heavy atom. The van der Waals surface area contributed by atoms with E-state index in [1.165, 1.54) is 21.3 Å². The van der Waals surface area contributed by atoms with Gasteiger partial charge in [0.2, 0.25) is 5.75 Å². The van der Waals surface area contributed by atoms with Crippen LogP contribution in [0.15, 0.2) is 36.4 Å². The van der Waals surface area contributed by atoms with E-state index in [0.717, 1.165) is 0 Å². The van der Waals surface area contributed by atoms with Gasteiger partial charge in [0.25, 0.3) is 0 Å². The summed E-state index contributed by atoms with van der Waals surface area (Å²) in [4.78, 5) is 11.7. The van der Waals surface area contributed by atoms with Crippen LogP contribution >= 0.6 is 0 Å². The number of benzene rings is 2. The summed E-state index contributed by atoms with van der Waals surface area (Å²) in [5.74, 6) is 0.962. The minimum Gasteiger partial charge on any atom is -0.497 e. The molecule has 0 aliphatic rings. The van der Waals surface area contributed by atoms with Crippen molar-refractivity contribution in [2.45, 2.75) is 0 Å². The van der Waals surface area contributed by atoms with Crippen molar-refractivity contribution in [3.63, 3.8) is 0 Å². The number of methoxy groups -OCH3 is 4. The topological polar surface area (TPSA) is 74.2 Å². The van der Waals surface area contributed by atoms with Crippen LogP contribution in [0.5, 0.6) is 23.0 Å². The second-order valence-electron chi connectivity index (χ2n) is 5.05. The predicted octanol–water partition coefficient (Wildman–Crippen LogP) is 3.35. The van der Waals surface area contributed by atoms with E-state index in [-0.39, 0.29) is 5.57 Å². The zero-order valence-corrected chi connectivity index (χ0v) is 14.5. The Balaban J connectivity index is 2.54. The molecule has 0 heterocycles. The third-order valence-corrected chi connectivity index (χ3v) is 3.63. The molecule has 25 heavy (non-hydrogen) atoms. The summed E-state index contributed by atoms with van der Waals surface area (Å²) >= 11 is 0. The van der Waals surface area contributed by atoms with Crippen molar-refractivity contribution >= 4 is 17.6 Å². The Kier molecular flexibility index (Phi) is 5.89. The summed E-state index contributed by atoms with van der Waals surface area (Å²) < 4.78 is 21.0. The molecule has 2 aromatic rings. The van der Waals surface area contributed by atoms with Gasteiger partial charge in [-0.1, -0.05) is 12.1 Å². The van der Waals surface area contributed by atoms with Crippen molar-refractivity contribution in [3.8, 4) is 23.0 Å². The van der Waals surface area contributed by atoms with Crippen LogP contribution in [0.2, 0.25) is 0 Å². The van der Waals surface area contributed by atoms with E-state index in [0.29, 0.717) is 34.1 Å². The first-order valence-electron chi connectivity index (χ1n) is 7.43. The lowest BCUT2D eigenvalue weighted by Gasteiger charge is -2.13. The smallest absolute Gasteiger partial charge is 0.336 e. The molecular weight excluding hydrogens is 324 g/mol. The van der Waals surface area contributed by atoms with Crippen LogP contribution in [0, 0.1) is 0 Å². The van der Waals surface area contributed by atoms with Gasteiger partial charge in [-0.3, -0.25) is 0 Å². The molecule has 0 fully saturated rings. The van der Waals surface area contributed by atoms with Crippen molar-refractivity contribution in [1.29, 1.82) is 0 Å². The van der Waals surface area contributed by atoms with E-state index < -0.39 is 5.97 Å². The van der Waals surface area contributed by atoms with Gasteiger partial charge < -0.3 is 24.1 Å². The average molecular weight is 344 g/mol. The van der Waals surface area contributed by atoms with E-state index in [2.05, 4.69) is 0 Å². The number of aliphatic carboxylic acids is 1. The van der Waals surface area contributed by atoms with Gasteiger partial charge in [0.05, 0.1) is 34.0 Å². The van der Waals surface area contributed by atoms with Crippen LogP contribution in [0.4, 0.5) is 0 Å². The lowest BCUT2D eigenvalue weighted by molar-refractivity contribution is -0.130. The molecule has 0 aromatic heterocycles. The van der Waals surface area contributed by atoms with Gasteiger partial charge in [0.1, 0.15) is 5.75 Å². The average Bonchev–Trinajstić information content (AvgIpc) is 2.64. The summed E-state index contributed by atoms with van der Waals surface area (Å²) in [6.45, 7) is 0. The number of rotatable bonds is 7. The van der Waals surface area contributed by atoms with Gasteiger partial charge in [0.15, 0.2) is 11.5 Å². The number of hydrogen-bond donors (Lipinski definition) is 1. The third kappa shape index (κ3) is 4.03. The van der Waals surface area contributed by atoms with Crippen LogP contribution in [-0.2, 0) is 4.79 Å². The fourth-order valence-corrected chi connectivity index (χ4v) is 2.39. The van der Waals surface area contributed by atoms with E-state index >= 15 is 0 Å². The highest BCUT2D eigenvalue weighted by atomic mass is 16.5. The first-order valence-corrected chi connectivity index (χ1v) is 7.43. The summed E-state index contributed by atoms with van der Waals surface area (Å²) in [5.41, 5.74) is 1.31. The number of carboxylic acid groups (broad SMARTS) is 1. The number of carbonyl (C=O) groups is 1. The monoisotopic (exact) mass is 344 g/mol. The SMILES string of the molecule is COc1ccc(/C(=C\c2cc(OC)c(OC)c(OC)c2)C(=O)O)cc1. The highest BCUT2D eigenvalue weighted by Gasteiger charge is 2.15. The van der Waals surface area contributed by atoms with Crippen LogP contribution in [-0.4, -0.2) is 39.5 Å². The fraction of sp³-hybridized carbons (Fsp3) is 0.211. The van der Waals surface area contributed by atoms with Gasteiger partial charge in [-0.25, -0.2) is 4.79 Å². The van der Waals surface area contributed by atoms with Crippen molar-refractivity contribution < 1.29 is 28.8 Å². The predicted molar refractivity (Wildman–Crippen MR) is 94.6 cm³/mol. The molecule has 0 amide bonds. The fourth-order valence-electron chi connectivity index (χ4n) is 2.39. The Bertz CT molecular complexity index is 752. The molecule has 0 saturated heterocycles. The standard InChI is InChI=1S/C19H20O6/c1-22-14-7-5-13(6-8-14)15(19(20)21)9-12-10-16(23-2)18(25-4)17(11-12)24-3/h5-11H,1-4H3,(H,20,21)/b15-9+. The number of hydrogen-bond acceptors (Lipinski definition) is 5. The third-order valence-electron chi connectivity index (χ3n) is 3.63. The largest absolute Gasteiger partial charge is 0.497 e. The molecule has 0 unspecified atom stereocenters. The molecule has 0 atom stereocenters. The molecule has 0 aliphatic heterocycles. The van der Waals surface area contributed by atoms with E-state index in [1.54, 1.807) is 49.6 Å². The lowest BCUT2D eigenvalue weighted by atomic mass is 10.0. The van der Waals surface area contributed by atoms with Crippen molar-refractivity contribution in [2.24, 2.45) is 0 Å². The van der Waals surface area contributed by atoms with Gasteiger partial charge in [-0.2, -0.15) is 0 Å². The number of ether oxygens (including phenoxy) is 4. The molecule has 0 bridgehead atoms. The molecular formula is C19H20O6. The zero-order chi connectivity index (χ0) is 18.4. The minimum atomic E-state index is -1.04.